The van der Waals surface area contributed by atoms with E-state index in [1.165, 1.54) is 18.1 Å². The Morgan fingerprint density at radius 1 is 1.03 bits per heavy atom. The van der Waals surface area contributed by atoms with Crippen molar-refractivity contribution in [2.24, 2.45) is 11.8 Å². The van der Waals surface area contributed by atoms with Crippen molar-refractivity contribution in [2.75, 3.05) is 13.7 Å². The maximum Gasteiger partial charge on any atom is 0.516 e. The van der Waals surface area contributed by atoms with Gasteiger partial charge in [-0.3, -0.25) is 14.4 Å². The van der Waals surface area contributed by atoms with Crippen LogP contribution in [0.25, 0.3) is 22.2 Å². The zero-order valence-corrected chi connectivity index (χ0v) is 34.7. The average Bonchev–Trinajstić information content (AvgIpc) is 3.75. The summed E-state index contributed by atoms with van der Waals surface area (Å²) in [4.78, 5) is 61.7. The number of likely N-dealkylation sites (tertiary alicyclic amines) is 1. The molecule has 3 aliphatic rings. The molecule has 5 unspecified atom stereocenters. The molecule has 18 heteroatoms. The molecule has 2 heterocycles. The normalized spacial score (nSPS) is 22.6. The van der Waals surface area contributed by atoms with E-state index in [1.54, 1.807) is 45.0 Å². The Balaban J connectivity index is 1.36. The number of hydrogen-bond acceptors (Lipinski definition) is 10. The largest absolute Gasteiger partial charge is 0.516 e. The van der Waals surface area contributed by atoms with Gasteiger partial charge in [0.2, 0.25) is 11.8 Å². The van der Waals surface area contributed by atoms with Gasteiger partial charge in [0, 0.05) is 35.4 Å². The van der Waals surface area contributed by atoms with Crippen LogP contribution in [0.5, 0.6) is 11.5 Å². The van der Waals surface area contributed by atoms with Crippen molar-refractivity contribution >= 4 is 44.7 Å². The first-order chi connectivity index (χ1) is 28.2. The van der Waals surface area contributed by atoms with Gasteiger partial charge in [-0.05, 0) is 51.7 Å². The lowest BCUT2D eigenvalue weighted by Crippen LogP contribution is -2.59. The second-order valence-electron chi connectivity index (χ2n) is 16.6. The molecule has 0 spiro atoms. The molecule has 1 saturated heterocycles. The number of ether oxygens (including phenoxy) is 3. The Morgan fingerprint density at radius 2 is 1.73 bits per heavy atom. The molecule has 4 amide bonds. The SMILES string of the molecule is C=CC1CC1(NC(=O)C1CC(Oc2cc(-c3ccccc3)nc3cc(OC)ccc23)CN1C(=O)C(CC1CCCCC1)NC(=O)OC(C)(C)C)C(=O)NS(=O)(=O)C(F)(F)F. The summed E-state index contributed by atoms with van der Waals surface area (Å²) in [7, 11) is -4.60. The number of nitrogens with zero attached hydrogens (tertiary/aromatic N) is 2. The van der Waals surface area contributed by atoms with E-state index in [0.717, 1.165) is 42.4 Å². The Morgan fingerprint density at radius 3 is 2.35 bits per heavy atom. The smallest absolute Gasteiger partial charge is 0.497 e. The predicted octanol–water partition coefficient (Wildman–Crippen LogP) is 6.15. The van der Waals surface area contributed by atoms with Gasteiger partial charge >= 0.3 is 21.6 Å². The van der Waals surface area contributed by atoms with E-state index in [2.05, 4.69) is 17.2 Å². The van der Waals surface area contributed by atoms with E-state index in [1.807, 2.05) is 30.3 Å². The zero-order chi connectivity index (χ0) is 43.6. The standard InChI is InChI=1S/C42H50F3N5O9S/c1-6-27-23-41(27,38(53)49-60(55,56)42(43,44)45)48-36(51)34-21-29(24-50(34)37(52)33(19-25-13-9-7-10-14-25)47-39(54)59-40(2,3)4)58-35-22-31(26-15-11-8-12-16-26)46-32-20-28(57-5)17-18-30(32)35/h6,8,11-12,15-18,20,22,25,27,29,33-34H,1,7,9-10,13-14,19,21,23-24H2,2-5H3,(H,47,54)(H,48,51)(H,49,53). The molecule has 324 valence electrons. The number of nitrogens with one attached hydrogen (secondary N) is 3. The third-order valence-corrected chi connectivity index (χ3v) is 12.1. The molecule has 3 N–H and O–H groups in total. The van der Waals surface area contributed by atoms with E-state index < -0.39 is 74.6 Å². The molecule has 60 heavy (non-hydrogen) atoms. The van der Waals surface area contributed by atoms with Crippen LogP contribution in [0.15, 0.2) is 67.3 Å². The van der Waals surface area contributed by atoms with Crippen LogP contribution in [0.3, 0.4) is 0 Å². The van der Waals surface area contributed by atoms with E-state index in [-0.39, 0.29) is 31.7 Å². The summed E-state index contributed by atoms with van der Waals surface area (Å²) >= 11 is 0. The van der Waals surface area contributed by atoms with Crippen molar-refractivity contribution in [1.29, 1.82) is 0 Å². The van der Waals surface area contributed by atoms with Crippen LogP contribution in [0.1, 0.15) is 72.1 Å². The maximum absolute atomic E-state index is 14.8. The van der Waals surface area contributed by atoms with Crippen LogP contribution in [0.2, 0.25) is 0 Å². The number of alkyl carbamates (subject to hydrolysis) is 1. The predicted molar refractivity (Wildman–Crippen MR) is 215 cm³/mol. The third-order valence-electron chi connectivity index (χ3n) is 11.1. The summed E-state index contributed by atoms with van der Waals surface area (Å²) in [5.74, 6) is -3.12. The van der Waals surface area contributed by atoms with Gasteiger partial charge < -0.3 is 29.7 Å². The number of carbonyl (C=O) groups is 4. The van der Waals surface area contributed by atoms with Crippen LogP contribution in [0.4, 0.5) is 18.0 Å². The number of rotatable bonds is 13. The molecule has 0 radical (unpaired) electrons. The van der Waals surface area contributed by atoms with Gasteiger partial charge in [0.15, 0.2) is 0 Å². The highest BCUT2D eigenvalue weighted by atomic mass is 32.2. The second-order valence-corrected chi connectivity index (χ2v) is 18.2. The van der Waals surface area contributed by atoms with Crippen molar-refractivity contribution < 1.29 is 55.0 Å². The number of sulfonamides is 1. The summed E-state index contributed by atoms with van der Waals surface area (Å²) in [5, 5.41) is 5.79. The average molecular weight is 858 g/mol. The zero-order valence-electron chi connectivity index (χ0n) is 33.8. The van der Waals surface area contributed by atoms with Crippen molar-refractivity contribution in [1.82, 2.24) is 25.2 Å². The van der Waals surface area contributed by atoms with Gasteiger partial charge in [0.1, 0.15) is 40.8 Å². The molecule has 1 aliphatic heterocycles. The first kappa shape index (κ1) is 44.2. The summed E-state index contributed by atoms with van der Waals surface area (Å²) in [6.45, 7) is 8.45. The van der Waals surface area contributed by atoms with Gasteiger partial charge in [0.05, 0.1) is 24.9 Å². The number of fused-ring (bicyclic) bond motifs is 1. The van der Waals surface area contributed by atoms with Crippen molar-refractivity contribution in [3.05, 3.63) is 67.3 Å². The van der Waals surface area contributed by atoms with Crippen molar-refractivity contribution in [2.45, 2.75) is 107 Å². The topological polar surface area (TPSA) is 182 Å². The van der Waals surface area contributed by atoms with E-state index >= 15 is 0 Å². The third kappa shape index (κ3) is 9.96. The molecule has 2 aromatic carbocycles. The molecule has 2 aliphatic carbocycles. The summed E-state index contributed by atoms with van der Waals surface area (Å²) in [6, 6.07) is 13.8. The minimum Gasteiger partial charge on any atom is -0.497 e. The molecule has 0 bridgehead atoms. The number of methoxy groups -OCH3 is 1. The quantitative estimate of drug-likeness (QED) is 0.169. The number of hydrogen-bond donors (Lipinski definition) is 3. The van der Waals surface area contributed by atoms with Crippen LogP contribution >= 0.6 is 0 Å². The van der Waals surface area contributed by atoms with Crippen molar-refractivity contribution in [3.63, 3.8) is 0 Å². The Labute approximate surface area is 346 Å². The fourth-order valence-corrected chi connectivity index (χ4v) is 8.49. The highest BCUT2D eigenvalue weighted by molar-refractivity contribution is 7.90. The highest BCUT2D eigenvalue weighted by Gasteiger charge is 2.63. The van der Waals surface area contributed by atoms with Gasteiger partial charge in [-0.15, -0.1) is 6.58 Å². The fraction of sp³-hybridized carbons (Fsp3) is 0.500. The summed E-state index contributed by atoms with van der Waals surface area (Å²) in [5.41, 5.74) is -6.93. The fourth-order valence-electron chi connectivity index (χ4n) is 7.95. The second kappa shape index (κ2) is 17.3. The van der Waals surface area contributed by atoms with Crippen LogP contribution < -0.4 is 24.8 Å². The number of halogens is 3. The number of pyridine rings is 1. The first-order valence-corrected chi connectivity index (χ1v) is 21.3. The molecule has 5 atom stereocenters. The van der Waals surface area contributed by atoms with Gasteiger partial charge in [0.25, 0.3) is 5.91 Å². The van der Waals surface area contributed by atoms with Crippen LogP contribution in [0, 0.1) is 11.8 Å². The monoisotopic (exact) mass is 857 g/mol. The van der Waals surface area contributed by atoms with Gasteiger partial charge in [-0.2, -0.15) is 21.6 Å². The van der Waals surface area contributed by atoms with Crippen LogP contribution in [-0.2, 0) is 29.1 Å². The van der Waals surface area contributed by atoms with Crippen LogP contribution in [-0.4, -0.2) is 90.6 Å². The lowest BCUT2D eigenvalue weighted by molar-refractivity contribution is -0.141. The Bertz CT molecular complexity index is 2230. The summed E-state index contributed by atoms with van der Waals surface area (Å²) < 4.78 is 82.5. The molecule has 3 fully saturated rings. The minimum absolute atomic E-state index is 0.0727. The molecular formula is C42H50F3N5O9S. The van der Waals surface area contributed by atoms with Crippen molar-refractivity contribution in [3.8, 4) is 22.8 Å². The number of carbonyl (C=O) groups excluding carboxylic acids is 4. The summed E-state index contributed by atoms with van der Waals surface area (Å²) in [6.07, 6.45) is 3.91. The lowest BCUT2D eigenvalue weighted by Gasteiger charge is -2.32. The van der Waals surface area contributed by atoms with E-state index in [0.29, 0.717) is 28.1 Å². The highest BCUT2D eigenvalue weighted by Crippen LogP contribution is 2.46. The number of alkyl halides is 3. The molecule has 14 nitrogen and oxygen atoms in total. The van der Waals surface area contributed by atoms with Gasteiger partial charge in [-0.1, -0.05) is 68.5 Å². The van der Waals surface area contributed by atoms with Gasteiger partial charge in [-0.25, -0.2) is 14.5 Å². The number of benzene rings is 2. The maximum atomic E-state index is 14.8. The molecule has 2 saturated carbocycles. The minimum atomic E-state index is -6.13. The molecule has 1 aromatic heterocycles. The molecule has 6 rings (SSSR count). The van der Waals surface area contributed by atoms with E-state index in [4.69, 9.17) is 19.2 Å². The molecule has 3 aromatic rings. The lowest BCUT2D eigenvalue weighted by atomic mass is 9.84. The number of amides is 4. The number of aromatic nitrogens is 1. The Hall–Kier alpha value is -5.39. The first-order valence-electron chi connectivity index (χ1n) is 19.8. The van der Waals surface area contributed by atoms with E-state index in [9.17, 15) is 40.8 Å². The Kier molecular flexibility index (Phi) is 12.7. The molecular weight excluding hydrogens is 808 g/mol.